The minimum Gasteiger partial charge on any atom is -0.0843 e. The molecule has 0 fully saturated rings. The molecule has 1 rings (SSSR count). The zero-order valence-electron chi connectivity index (χ0n) is 6.02. The molecular weight excluding hydrogens is 144 g/mol. The Labute approximate surface area is 66.8 Å². The van der Waals surface area contributed by atoms with Crippen molar-refractivity contribution in [1.29, 1.82) is 0 Å². The number of aryl methyl sites for hydroxylation is 1. The van der Waals surface area contributed by atoms with Crippen LogP contribution in [0.4, 0.5) is 0 Å². The molecule has 10 heavy (non-hydrogen) atoms. The molecule has 0 heterocycles. The van der Waals surface area contributed by atoms with Crippen molar-refractivity contribution in [3.05, 3.63) is 41.3 Å². The van der Waals surface area contributed by atoms with Gasteiger partial charge in [-0.1, -0.05) is 24.6 Å². The number of hydrogen-bond acceptors (Lipinski definition) is 0. The summed E-state index contributed by atoms with van der Waals surface area (Å²) in [6.07, 6.45) is 1.02. The molecule has 0 unspecified atom stereocenters. The molecule has 0 aliphatic rings. The third kappa shape index (κ3) is 1.74. The normalized spacial score (nSPS) is 9.90. The van der Waals surface area contributed by atoms with E-state index in [1.165, 1.54) is 5.56 Å². The van der Waals surface area contributed by atoms with E-state index in [4.69, 9.17) is 11.6 Å². The molecule has 1 heteroatoms. The van der Waals surface area contributed by atoms with Crippen LogP contribution in [0.3, 0.4) is 0 Å². The maximum absolute atomic E-state index is 5.79. The van der Waals surface area contributed by atoms with Gasteiger partial charge in [0.15, 0.2) is 0 Å². The predicted octanol–water partition coefficient (Wildman–Crippen LogP) is 3.08. The third-order valence-corrected chi connectivity index (χ3v) is 1.64. The van der Waals surface area contributed by atoms with E-state index in [0.29, 0.717) is 0 Å². The smallest absolute Gasteiger partial charge is 0.0411 e. The van der Waals surface area contributed by atoms with Crippen molar-refractivity contribution in [2.24, 2.45) is 0 Å². The Bertz CT molecular complexity index is 208. The van der Waals surface area contributed by atoms with E-state index in [-0.39, 0.29) is 0 Å². The van der Waals surface area contributed by atoms with Crippen molar-refractivity contribution < 1.29 is 0 Å². The lowest BCUT2D eigenvalue weighted by atomic mass is 10.1. The lowest BCUT2D eigenvalue weighted by Gasteiger charge is -1.98. The van der Waals surface area contributed by atoms with Crippen LogP contribution in [0.1, 0.15) is 18.1 Å². The number of halogens is 1. The predicted molar refractivity (Wildman–Crippen MR) is 45.3 cm³/mol. The lowest BCUT2D eigenvalue weighted by molar-refractivity contribution is 1.14. The van der Waals surface area contributed by atoms with Crippen LogP contribution in [0.2, 0.25) is 5.02 Å². The van der Waals surface area contributed by atoms with Gasteiger partial charge in [-0.25, -0.2) is 0 Å². The zero-order valence-corrected chi connectivity index (χ0v) is 6.78. The van der Waals surface area contributed by atoms with E-state index in [1.54, 1.807) is 0 Å². The first kappa shape index (κ1) is 7.62. The Morgan fingerprint density at radius 3 is 2.60 bits per heavy atom. The summed E-state index contributed by atoms with van der Waals surface area (Å²) in [7, 11) is 0. The van der Waals surface area contributed by atoms with Crippen molar-refractivity contribution >= 4 is 11.6 Å². The van der Waals surface area contributed by atoms with Gasteiger partial charge in [-0.3, -0.25) is 0 Å². The minimum atomic E-state index is 0.782. The van der Waals surface area contributed by atoms with Gasteiger partial charge in [0.05, 0.1) is 0 Å². The lowest BCUT2D eigenvalue weighted by Crippen LogP contribution is -1.81. The van der Waals surface area contributed by atoms with Crippen molar-refractivity contribution in [3.8, 4) is 0 Å². The van der Waals surface area contributed by atoms with Crippen LogP contribution in [0.15, 0.2) is 18.2 Å². The van der Waals surface area contributed by atoms with Gasteiger partial charge in [0.2, 0.25) is 0 Å². The Morgan fingerprint density at radius 1 is 1.40 bits per heavy atom. The molecule has 0 saturated carbocycles. The van der Waals surface area contributed by atoms with Crippen LogP contribution in [-0.2, 0) is 6.42 Å². The van der Waals surface area contributed by atoms with E-state index >= 15 is 0 Å². The summed E-state index contributed by atoms with van der Waals surface area (Å²) in [4.78, 5) is 0. The topological polar surface area (TPSA) is 0 Å². The van der Waals surface area contributed by atoms with Crippen LogP contribution in [0.25, 0.3) is 0 Å². The molecule has 0 amide bonds. The van der Waals surface area contributed by atoms with Crippen LogP contribution >= 0.6 is 11.6 Å². The molecule has 1 aromatic carbocycles. The molecule has 0 N–H and O–H groups in total. The fourth-order valence-corrected chi connectivity index (χ4v) is 1.20. The number of rotatable bonds is 1. The summed E-state index contributed by atoms with van der Waals surface area (Å²) in [5.74, 6) is 0. The summed E-state index contributed by atoms with van der Waals surface area (Å²) in [5.41, 5.74) is 2.24. The zero-order chi connectivity index (χ0) is 7.56. The first-order valence-electron chi connectivity index (χ1n) is 3.34. The maximum Gasteiger partial charge on any atom is 0.0411 e. The van der Waals surface area contributed by atoms with Gasteiger partial charge in [0, 0.05) is 5.02 Å². The summed E-state index contributed by atoms with van der Waals surface area (Å²) in [6.45, 7) is 5.91. The van der Waals surface area contributed by atoms with E-state index < -0.39 is 0 Å². The van der Waals surface area contributed by atoms with Crippen LogP contribution in [0, 0.1) is 6.92 Å². The first-order valence-corrected chi connectivity index (χ1v) is 3.71. The van der Waals surface area contributed by atoms with Gasteiger partial charge in [0.1, 0.15) is 0 Å². The molecule has 0 aromatic heterocycles. The quantitative estimate of drug-likeness (QED) is 0.582. The summed E-state index contributed by atoms with van der Waals surface area (Å²) >= 11 is 5.79. The van der Waals surface area contributed by atoms with Gasteiger partial charge in [0.25, 0.3) is 0 Å². The van der Waals surface area contributed by atoms with Crippen LogP contribution in [0.5, 0.6) is 0 Å². The highest BCUT2D eigenvalue weighted by atomic mass is 35.5. The second kappa shape index (κ2) is 3.07. The van der Waals surface area contributed by atoms with Crippen molar-refractivity contribution in [2.45, 2.75) is 13.3 Å². The molecule has 0 aliphatic carbocycles. The largest absolute Gasteiger partial charge is 0.0843 e. The van der Waals surface area contributed by atoms with Crippen molar-refractivity contribution in [1.82, 2.24) is 0 Å². The molecule has 0 bridgehead atoms. The van der Waals surface area contributed by atoms with E-state index in [9.17, 15) is 0 Å². The Morgan fingerprint density at radius 2 is 2.10 bits per heavy atom. The molecule has 0 spiro atoms. The van der Waals surface area contributed by atoms with Crippen LogP contribution in [-0.4, -0.2) is 0 Å². The molecule has 0 nitrogen and oxygen atoms in total. The van der Waals surface area contributed by atoms with E-state index in [1.807, 2.05) is 18.2 Å². The molecule has 53 valence electrons. The Kier molecular flexibility index (Phi) is 2.34. The fourth-order valence-electron chi connectivity index (χ4n) is 0.921. The third-order valence-electron chi connectivity index (χ3n) is 1.43. The van der Waals surface area contributed by atoms with E-state index in [0.717, 1.165) is 17.0 Å². The average molecular weight is 154 g/mol. The summed E-state index contributed by atoms with van der Waals surface area (Å²) in [5, 5.41) is 0.782. The van der Waals surface area contributed by atoms with Gasteiger partial charge in [-0.15, -0.1) is 0 Å². The second-order valence-electron chi connectivity index (χ2n) is 2.32. The van der Waals surface area contributed by atoms with Gasteiger partial charge in [-0.2, -0.15) is 0 Å². The maximum atomic E-state index is 5.79. The highest BCUT2D eigenvalue weighted by molar-refractivity contribution is 6.30. The van der Waals surface area contributed by atoms with E-state index in [2.05, 4.69) is 13.8 Å². The minimum absolute atomic E-state index is 0.782. The van der Waals surface area contributed by atoms with Gasteiger partial charge < -0.3 is 0 Å². The second-order valence-corrected chi connectivity index (χ2v) is 2.76. The molecule has 0 aliphatic heterocycles. The number of benzene rings is 1. The fraction of sp³-hybridized carbons (Fsp3) is 0.222. The van der Waals surface area contributed by atoms with Crippen LogP contribution < -0.4 is 0 Å². The summed E-state index contributed by atoms with van der Waals surface area (Å²) in [6, 6.07) is 5.88. The average Bonchev–Trinajstić information content (AvgIpc) is 1.85. The number of hydrogen-bond donors (Lipinski definition) is 0. The molecular formula is C9H10Cl. The highest BCUT2D eigenvalue weighted by Crippen LogP contribution is 2.14. The SMILES string of the molecule is [CH2]c1cc(Cl)cc(CC)c1. The highest BCUT2D eigenvalue weighted by Gasteiger charge is 1.92. The van der Waals surface area contributed by atoms with Crippen molar-refractivity contribution in [2.75, 3.05) is 0 Å². The molecule has 1 aromatic rings. The standard InChI is InChI=1S/C9H10Cl/c1-3-8-4-7(2)5-9(10)6-8/h4-6H,2-3H2,1H3. The van der Waals surface area contributed by atoms with Crippen molar-refractivity contribution in [3.63, 3.8) is 0 Å². The molecule has 0 saturated heterocycles. The van der Waals surface area contributed by atoms with Gasteiger partial charge in [-0.05, 0) is 36.6 Å². The Hall–Kier alpha value is -0.490. The first-order chi connectivity index (χ1) is 4.72. The Balaban J connectivity index is 3.06. The summed E-state index contributed by atoms with van der Waals surface area (Å²) < 4.78 is 0. The molecule has 0 atom stereocenters. The molecule has 1 radical (unpaired) electrons. The monoisotopic (exact) mass is 153 g/mol. The van der Waals surface area contributed by atoms with Gasteiger partial charge >= 0.3 is 0 Å².